The molecule has 1 fully saturated rings. The molecule has 1 aromatic heterocycles. The van der Waals surface area contributed by atoms with Gasteiger partial charge in [0.1, 0.15) is 10.7 Å². The number of hydrogen-bond donors (Lipinski definition) is 2. The number of pyridine rings is 1. The zero-order chi connectivity index (χ0) is 22.4. The number of amides is 1. The van der Waals surface area contributed by atoms with E-state index in [9.17, 15) is 13.2 Å². The van der Waals surface area contributed by atoms with E-state index in [2.05, 4.69) is 20.5 Å². The molecule has 0 bridgehead atoms. The third-order valence-electron chi connectivity index (χ3n) is 5.11. The Balaban J connectivity index is 1.58. The first kappa shape index (κ1) is 23.2. The molecule has 0 saturated carbocycles. The SMILES string of the molecule is CC(C)CC(=O)Nc1cccc(CNc2ccc(S(=O)(=O)N3CCN(C)CC3)cn2)c1. The van der Waals surface area contributed by atoms with Crippen molar-refractivity contribution >= 4 is 27.4 Å². The number of hydrogen-bond acceptors (Lipinski definition) is 6. The Morgan fingerprint density at radius 3 is 2.52 bits per heavy atom. The Hall–Kier alpha value is -2.49. The zero-order valence-corrected chi connectivity index (χ0v) is 19.2. The standard InChI is InChI=1S/C22H31N5O3S/c1-17(2)13-22(28)25-19-6-4-5-18(14-19)15-23-21-8-7-20(16-24-21)31(29,30)27-11-9-26(3)10-12-27/h4-8,14,16-17H,9-13,15H2,1-3H3,(H,23,24)(H,25,28). The molecule has 1 saturated heterocycles. The van der Waals surface area contributed by atoms with Crippen molar-refractivity contribution in [1.29, 1.82) is 0 Å². The molecule has 3 rings (SSSR count). The lowest BCUT2D eigenvalue weighted by molar-refractivity contribution is -0.116. The number of carbonyl (C=O) groups is 1. The van der Waals surface area contributed by atoms with Gasteiger partial charge in [0, 0.05) is 51.0 Å². The van der Waals surface area contributed by atoms with Gasteiger partial charge in [0.2, 0.25) is 15.9 Å². The Labute approximate surface area is 184 Å². The third kappa shape index (κ3) is 6.49. The summed E-state index contributed by atoms with van der Waals surface area (Å²) in [6.07, 6.45) is 1.88. The van der Waals surface area contributed by atoms with Crippen LogP contribution in [0.2, 0.25) is 0 Å². The average molecular weight is 446 g/mol. The van der Waals surface area contributed by atoms with Crippen LogP contribution in [-0.4, -0.2) is 61.7 Å². The van der Waals surface area contributed by atoms with Gasteiger partial charge in [-0.15, -0.1) is 0 Å². The number of likely N-dealkylation sites (N-methyl/N-ethyl adjacent to an activating group) is 1. The van der Waals surface area contributed by atoms with Crippen LogP contribution in [-0.2, 0) is 21.4 Å². The molecule has 1 amide bonds. The predicted octanol–water partition coefficient (Wildman–Crippen LogP) is 2.61. The van der Waals surface area contributed by atoms with Crippen LogP contribution < -0.4 is 10.6 Å². The lowest BCUT2D eigenvalue weighted by atomic mass is 10.1. The van der Waals surface area contributed by atoms with E-state index in [1.54, 1.807) is 12.1 Å². The summed E-state index contributed by atoms with van der Waals surface area (Å²) >= 11 is 0. The molecule has 2 N–H and O–H groups in total. The summed E-state index contributed by atoms with van der Waals surface area (Å²) in [4.78, 5) is 18.6. The average Bonchev–Trinajstić information content (AvgIpc) is 2.72. The van der Waals surface area contributed by atoms with E-state index in [1.165, 1.54) is 10.5 Å². The van der Waals surface area contributed by atoms with Crippen LogP contribution in [0.5, 0.6) is 0 Å². The summed E-state index contributed by atoms with van der Waals surface area (Å²) in [7, 11) is -1.53. The topological polar surface area (TPSA) is 94.6 Å². The van der Waals surface area contributed by atoms with Gasteiger partial charge in [-0.2, -0.15) is 4.31 Å². The molecular formula is C22H31N5O3S. The fourth-order valence-electron chi connectivity index (χ4n) is 3.35. The van der Waals surface area contributed by atoms with E-state index in [0.29, 0.717) is 37.8 Å². The van der Waals surface area contributed by atoms with Gasteiger partial charge < -0.3 is 15.5 Å². The molecule has 31 heavy (non-hydrogen) atoms. The van der Waals surface area contributed by atoms with Crippen LogP contribution in [0.1, 0.15) is 25.8 Å². The highest BCUT2D eigenvalue weighted by molar-refractivity contribution is 7.89. The van der Waals surface area contributed by atoms with Crippen molar-refractivity contribution in [2.45, 2.75) is 31.7 Å². The number of benzene rings is 1. The first-order valence-electron chi connectivity index (χ1n) is 10.5. The van der Waals surface area contributed by atoms with Crippen molar-refractivity contribution in [2.24, 2.45) is 5.92 Å². The molecule has 1 aliphatic rings. The number of rotatable bonds is 8. The van der Waals surface area contributed by atoms with Gasteiger partial charge in [-0.25, -0.2) is 13.4 Å². The molecule has 0 unspecified atom stereocenters. The maximum atomic E-state index is 12.8. The molecule has 2 aromatic rings. The van der Waals surface area contributed by atoms with Crippen molar-refractivity contribution in [1.82, 2.24) is 14.2 Å². The Bertz CT molecular complexity index is 984. The Kier molecular flexibility index (Phi) is 7.64. The van der Waals surface area contributed by atoms with Gasteiger partial charge >= 0.3 is 0 Å². The molecule has 168 valence electrons. The molecule has 0 atom stereocenters. The molecule has 1 aliphatic heterocycles. The van der Waals surface area contributed by atoms with Crippen LogP contribution in [0.15, 0.2) is 47.5 Å². The highest BCUT2D eigenvalue weighted by atomic mass is 32.2. The normalized spacial score (nSPS) is 15.7. The van der Waals surface area contributed by atoms with Crippen LogP contribution in [0.3, 0.4) is 0 Å². The van der Waals surface area contributed by atoms with E-state index in [1.807, 2.05) is 45.2 Å². The largest absolute Gasteiger partial charge is 0.366 e. The van der Waals surface area contributed by atoms with Crippen molar-refractivity contribution in [3.63, 3.8) is 0 Å². The third-order valence-corrected chi connectivity index (χ3v) is 7.00. The molecule has 1 aromatic carbocycles. The fraction of sp³-hybridized carbons (Fsp3) is 0.455. The number of piperazine rings is 1. The Morgan fingerprint density at radius 1 is 1.13 bits per heavy atom. The van der Waals surface area contributed by atoms with Crippen LogP contribution in [0.4, 0.5) is 11.5 Å². The second kappa shape index (κ2) is 10.2. The molecule has 2 heterocycles. The van der Waals surface area contributed by atoms with Crippen LogP contribution in [0.25, 0.3) is 0 Å². The van der Waals surface area contributed by atoms with E-state index >= 15 is 0 Å². The van der Waals surface area contributed by atoms with Crippen LogP contribution >= 0.6 is 0 Å². The van der Waals surface area contributed by atoms with Gasteiger partial charge in [-0.3, -0.25) is 4.79 Å². The highest BCUT2D eigenvalue weighted by Crippen LogP contribution is 2.19. The zero-order valence-electron chi connectivity index (χ0n) is 18.3. The van der Waals surface area contributed by atoms with E-state index in [4.69, 9.17) is 0 Å². The number of aromatic nitrogens is 1. The lowest BCUT2D eigenvalue weighted by Gasteiger charge is -2.31. The predicted molar refractivity (Wildman–Crippen MR) is 122 cm³/mol. The van der Waals surface area contributed by atoms with Gasteiger partial charge in [-0.05, 0) is 42.8 Å². The molecule has 0 aliphatic carbocycles. The summed E-state index contributed by atoms with van der Waals surface area (Å²) in [5.41, 5.74) is 1.74. The summed E-state index contributed by atoms with van der Waals surface area (Å²) < 4.78 is 27.1. The maximum Gasteiger partial charge on any atom is 0.244 e. The van der Waals surface area contributed by atoms with E-state index < -0.39 is 10.0 Å². The number of anilines is 2. The van der Waals surface area contributed by atoms with E-state index in [0.717, 1.165) is 24.3 Å². The number of sulfonamides is 1. The summed E-state index contributed by atoms with van der Waals surface area (Å²) in [5, 5.41) is 6.11. The van der Waals surface area contributed by atoms with Gasteiger partial charge in [-0.1, -0.05) is 26.0 Å². The van der Waals surface area contributed by atoms with E-state index in [-0.39, 0.29) is 10.8 Å². The second-order valence-corrected chi connectivity index (χ2v) is 10.2. The van der Waals surface area contributed by atoms with Crippen molar-refractivity contribution in [3.05, 3.63) is 48.2 Å². The number of nitrogens with one attached hydrogen (secondary N) is 2. The minimum absolute atomic E-state index is 0.000996. The van der Waals surface area contributed by atoms with Crippen molar-refractivity contribution in [2.75, 3.05) is 43.9 Å². The fourth-order valence-corrected chi connectivity index (χ4v) is 4.72. The number of carbonyl (C=O) groups excluding carboxylic acids is 1. The number of nitrogens with zero attached hydrogens (tertiary/aromatic N) is 3. The lowest BCUT2D eigenvalue weighted by Crippen LogP contribution is -2.47. The summed E-state index contributed by atoms with van der Waals surface area (Å²) in [6.45, 7) is 6.95. The second-order valence-electron chi connectivity index (χ2n) is 8.29. The Morgan fingerprint density at radius 2 is 1.87 bits per heavy atom. The first-order chi connectivity index (χ1) is 14.7. The van der Waals surface area contributed by atoms with Crippen LogP contribution in [0, 0.1) is 5.92 Å². The quantitative estimate of drug-likeness (QED) is 0.649. The smallest absolute Gasteiger partial charge is 0.244 e. The molecule has 0 spiro atoms. The van der Waals surface area contributed by atoms with Gasteiger partial charge in [0.05, 0.1) is 0 Å². The summed E-state index contributed by atoms with van der Waals surface area (Å²) in [5.74, 6) is 0.893. The van der Waals surface area contributed by atoms with Crippen molar-refractivity contribution < 1.29 is 13.2 Å². The highest BCUT2D eigenvalue weighted by Gasteiger charge is 2.27. The maximum absolute atomic E-state index is 12.8. The van der Waals surface area contributed by atoms with Gasteiger partial charge in [0.25, 0.3) is 0 Å². The molecule has 9 heteroatoms. The minimum Gasteiger partial charge on any atom is -0.366 e. The summed E-state index contributed by atoms with van der Waals surface area (Å²) in [6, 6.07) is 10.9. The van der Waals surface area contributed by atoms with Crippen molar-refractivity contribution in [3.8, 4) is 0 Å². The molecular weight excluding hydrogens is 414 g/mol. The monoisotopic (exact) mass is 445 g/mol. The minimum atomic E-state index is -3.52. The molecule has 0 radical (unpaired) electrons. The molecule has 8 nitrogen and oxygen atoms in total. The first-order valence-corrected chi connectivity index (χ1v) is 12.0. The van der Waals surface area contributed by atoms with Gasteiger partial charge in [0.15, 0.2) is 0 Å².